The summed E-state index contributed by atoms with van der Waals surface area (Å²) >= 11 is 0. The Kier molecular flexibility index (Phi) is 8.47. The van der Waals surface area contributed by atoms with E-state index < -0.39 is 36.6 Å². The number of carbonyl (C=O) groups excluding carboxylic acids is 3. The number of nitrogens with zero attached hydrogens (tertiary/aromatic N) is 1. The van der Waals surface area contributed by atoms with Crippen molar-refractivity contribution in [3.63, 3.8) is 0 Å². The molecule has 0 aliphatic carbocycles. The van der Waals surface area contributed by atoms with Crippen molar-refractivity contribution in [3.05, 3.63) is 35.9 Å². The maximum atomic E-state index is 13.3. The minimum atomic E-state index is -1.69. The van der Waals surface area contributed by atoms with Gasteiger partial charge in [0.15, 0.2) is 0 Å². The molecule has 31 heavy (non-hydrogen) atoms. The van der Waals surface area contributed by atoms with Crippen molar-refractivity contribution < 1.29 is 29.2 Å². The number of hydrogen-bond acceptors (Lipinski definition) is 6. The van der Waals surface area contributed by atoms with Gasteiger partial charge in [-0.1, -0.05) is 51.1 Å². The van der Waals surface area contributed by atoms with Crippen LogP contribution in [-0.4, -0.2) is 64.0 Å². The molecule has 1 aromatic rings. The Morgan fingerprint density at radius 2 is 1.87 bits per heavy atom. The third-order valence-corrected chi connectivity index (χ3v) is 5.89. The summed E-state index contributed by atoms with van der Waals surface area (Å²) in [6, 6.07) is 8.39. The van der Waals surface area contributed by atoms with E-state index in [0.29, 0.717) is 12.8 Å². The molecular weight excluding hydrogens is 401 g/mol. The number of nitrogens with one attached hydrogen (secondary N) is 2. The first kappa shape index (κ1) is 24.7. The standard InChI is InChI=1S/C21H32BN3O6/c1-5-17(22(29)30)23-18(26)15(4)25-12-11-21(14(2)3,19(25)27)24-20(28)31-13-16-9-7-6-8-10-16/h6-10,14-15,17,29-30H,5,11-13H2,1-4H3,(H,23,26)(H,24,28)/t15-,17-,21-/m0/s1. The Morgan fingerprint density at radius 1 is 1.23 bits per heavy atom. The molecule has 0 bridgehead atoms. The predicted molar refractivity (Wildman–Crippen MR) is 116 cm³/mol. The van der Waals surface area contributed by atoms with Crippen molar-refractivity contribution in [2.75, 3.05) is 6.54 Å². The van der Waals surface area contributed by atoms with E-state index >= 15 is 0 Å². The fourth-order valence-corrected chi connectivity index (χ4v) is 3.70. The molecular formula is C21H32BN3O6. The van der Waals surface area contributed by atoms with E-state index in [2.05, 4.69) is 10.6 Å². The van der Waals surface area contributed by atoms with E-state index in [9.17, 15) is 24.4 Å². The Bertz CT molecular complexity index is 776. The molecule has 1 fully saturated rings. The second kappa shape index (κ2) is 10.6. The molecule has 3 amide bonds. The zero-order valence-electron chi connectivity index (χ0n) is 18.5. The molecule has 1 aliphatic heterocycles. The van der Waals surface area contributed by atoms with Gasteiger partial charge < -0.3 is 30.3 Å². The zero-order chi connectivity index (χ0) is 23.2. The highest BCUT2D eigenvalue weighted by atomic mass is 16.5. The third-order valence-electron chi connectivity index (χ3n) is 5.89. The van der Waals surface area contributed by atoms with E-state index in [0.717, 1.165) is 5.56 Å². The molecule has 10 heteroatoms. The van der Waals surface area contributed by atoms with Gasteiger partial charge in [-0.25, -0.2) is 4.79 Å². The maximum absolute atomic E-state index is 13.3. The van der Waals surface area contributed by atoms with Gasteiger partial charge in [-0.05, 0) is 31.2 Å². The average Bonchev–Trinajstić information content (AvgIpc) is 3.07. The minimum Gasteiger partial charge on any atom is -0.445 e. The summed E-state index contributed by atoms with van der Waals surface area (Å²) in [7, 11) is -1.69. The van der Waals surface area contributed by atoms with Crippen molar-refractivity contribution in [2.45, 2.75) is 64.7 Å². The Balaban J connectivity index is 2.05. The van der Waals surface area contributed by atoms with Crippen LogP contribution in [-0.2, 0) is 20.9 Å². The molecule has 0 spiro atoms. The summed E-state index contributed by atoms with van der Waals surface area (Å²) in [5, 5.41) is 24.0. The topological polar surface area (TPSA) is 128 Å². The zero-order valence-corrected chi connectivity index (χ0v) is 18.5. The molecule has 0 unspecified atom stereocenters. The van der Waals surface area contributed by atoms with Gasteiger partial charge in [0.05, 0.1) is 5.94 Å². The molecule has 4 N–H and O–H groups in total. The fraction of sp³-hybridized carbons (Fsp3) is 0.571. The number of likely N-dealkylation sites (tertiary alicyclic amines) is 1. The van der Waals surface area contributed by atoms with Crippen molar-refractivity contribution in [3.8, 4) is 0 Å². The van der Waals surface area contributed by atoms with Crippen LogP contribution in [0.25, 0.3) is 0 Å². The van der Waals surface area contributed by atoms with Crippen LogP contribution in [0.15, 0.2) is 30.3 Å². The highest BCUT2D eigenvalue weighted by molar-refractivity contribution is 6.43. The fourth-order valence-electron chi connectivity index (χ4n) is 3.70. The molecule has 1 aromatic carbocycles. The molecule has 1 saturated heterocycles. The monoisotopic (exact) mass is 433 g/mol. The van der Waals surface area contributed by atoms with Gasteiger partial charge in [-0.3, -0.25) is 9.59 Å². The molecule has 0 saturated carbocycles. The lowest BCUT2D eigenvalue weighted by molar-refractivity contribution is -0.141. The van der Waals surface area contributed by atoms with Crippen LogP contribution in [0, 0.1) is 5.92 Å². The van der Waals surface area contributed by atoms with E-state index in [1.807, 2.05) is 44.2 Å². The molecule has 1 aliphatic rings. The first-order valence-electron chi connectivity index (χ1n) is 10.6. The summed E-state index contributed by atoms with van der Waals surface area (Å²) in [5.74, 6) is -1.90. The summed E-state index contributed by atoms with van der Waals surface area (Å²) in [6.45, 7) is 7.32. The largest absolute Gasteiger partial charge is 0.475 e. The smallest absolute Gasteiger partial charge is 0.445 e. The summed E-state index contributed by atoms with van der Waals surface area (Å²) in [5.41, 5.74) is -0.347. The highest BCUT2D eigenvalue weighted by Gasteiger charge is 2.52. The van der Waals surface area contributed by atoms with Crippen molar-refractivity contribution in [1.29, 1.82) is 0 Å². The van der Waals surface area contributed by atoms with E-state index in [-0.39, 0.29) is 25.0 Å². The van der Waals surface area contributed by atoms with Crippen LogP contribution in [0.3, 0.4) is 0 Å². The lowest BCUT2D eigenvalue weighted by Gasteiger charge is -2.33. The van der Waals surface area contributed by atoms with Crippen LogP contribution in [0.5, 0.6) is 0 Å². The number of amides is 3. The average molecular weight is 433 g/mol. The number of benzene rings is 1. The molecule has 170 valence electrons. The number of alkyl carbamates (subject to hydrolysis) is 1. The summed E-state index contributed by atoms with van der Waals surface area (Å²) in [4.78, 5) is 39.7. The normalized spacial score (nSPS) is 20.4. The Morgan fingerprint density at radius 3 is 2.42 bits per heavy atom. The lowest BCUT2D eigenvalue weighted by Crippen LogP contribution is -2.60. The molecule has 0 radical (unpaired) electrons. The second-order valence-corrected chi connectivity index (χ2v) is 8.17. The van der Waals surface area contributed by atoms with E-state index in [1.54, 1.807) is 13.8 Å². The first-order valence-corrected chi connectivity index (χ1v) is 10.6. The Labute approximate surface area is 183 Å². The summed E-state index contributed by atoms with van der Waals surface area (Å²) < 4.78 is 5.29. The predicted octanol–water partition coefficient (Wildman–Crippen LogP) is 0.835. The molecule has 1 heterocycles. The third kappa shape index (κ3) is 5.77. The number of carbonyl (C=O) groups is 3. The van der Waals surface area contributed by atoms with Crippen molar-refractivity contribution in [2.24, 2.45) is 5.92 Å². The maximum Gasteiger partial charge on any atom is 0.475 e. The second-order valence-electron chi connectivity index (χ2n) is 8.17. The van der Waals surface area contributed by atoms with E-state index in [4.69, 9.17) is 4.74 Å². The van der Waals surface area contributed by atoms with Crippen molar-refractivity contribution >= 4 is 25.0 Å². The van der Waals surface area contributed by atoms with Gasteiger partial charge in [-0.15, -0.1) is 0 Å². The molecule has 9 nitrogen and oxygen atoms in total. The SMILES string of the molecule is CC[C@H](NC(=O)[C@H](C)N1CC[C@](NC(=O)OCc2ccccc2)(C(C)C)C1=O)B(O)O. The summed E-state index contributed by atoms with van der Waals surface area (Å²) in [6.07, 6.45) is -0.0322. The molecule has 0 aromatic heterocycles. The van der Waals surface area contributed by atoms with Crippen LogP contribution in [0.4, 0.5) is 4.79 Å². The number of rotatable bonds is 9. The first-order chi connectivity index (χ1) is 14.6. The van der Waals surface area contributed by atoms with Gasteiger partial charge in [0.1, 0.15) is 18.2 Å². The van der Waals surface area contributed by atoms with Gasteiger partial charge in [0.2, 0.25) is 11.8 Å². The lowest BCUT2D eigenvalue weighted by atomic mass is 9.78. The molecule has 2 rings (SSSR count). The van der Waals surface area contributed by atoms with Crippen LogP contribution in [0.1, 0.15) is 46.1 Å². The quantitative estimate of drug-likeness (QED) is 0.428. The van der Waals surface area contributed by atoms with Gasteiger partial charge >= 0.3 is 13.2 Å². The van der Waals surface area contributed by atoms with Crippen LogP contribution >= 0.6 is 0 Å². The Hall–Kier alpha value is -2.59. The van der Waals surface area contributed by atoms with Gasteiger partial charge in [0.25, 0.3) is 0 Å². The highest BCUT2D eigenvalue weighted by Crippen LogP contribution is 2.32. The van der Waals surface area contributed by atoms with Gasteiger partial charge in [-0.2, -0.15) is 0 Å². The minimum absolute atomic E-state index is 0.0828. The van der Waals surface area contributed by atoms with Crippen molar-refractivity contribution in [1.82, 2.24) is 15.5 Å². The van der Waals surface area contributed by atoms with E-state index in [1.165, 1.54) is 4.90 Å². The van der Waals surface area contributed by atoms with Crippen LogP contribution in [0.2, 0.25) is 0 Å². The van der Waals surface area contributed by atoms with Gasteiger partial charge in [0, 0.05) is 6.54 Å². The molecule has 3 atom stereocenters. The number of hydrogen-bond donors (Lipinski definition) is 4. The van der Waals surface area contributed by atoms with Crippen LogP contribution < -0.4 is 10.6 Å². The number of ether oxygens (including phenoxy) is 1.